The van der Waals surface area contributed by atoms with Gasteiger partial charge in [0.2, 0.25) is 5.91 Å². The number of carbonyl (C=O) groups is 3. The van der Waals surface area contributed by atoms with Gasteiger partial charge >= 0.3 is 5.97 Å². The van der Waals surface area contributed by atoms with Gasteiger partial charge in [-0.2, -0.15) is 0 Å². The minimum absolute atomic E-state index is 0.136. The first kappa shape index (κ1) is 31.9. The normalized spacial score (nSPS) is 27.6. The zero-order valence-corrected chi connectivity index (χ0v) is 26.2. The van der Waals surface area contributed by atoms with Crippen molar-refractivity contribution in [2.45, 2.75) is 69.2 Å². The first-order chi connectivity index (χ1) is 21.2. The molecule has 0 aromatic heterocycles. The molecule has 44 heavy (non-hydrogen) atoms. The summed E-state index contributed by atoms with van der Waals surface area (Å²) in [5.41, 5.74) is -0.0153. The maximum Gasteiger partial charge on any atom is 0.312 e. The molecule has 1 N–H and O–H groups in total. The molecule has 2 aromatic rings. The molecule has 8 nitrogen and oxygen atoms in total. The van der Waals surface area contributed by atoms with Crippen molar-refractivity contribution < 1.29 is 29.0 Å². The minimum atomic E-state index is -1.29. The smallest absolute Gasteiger partial charge is 0.312 e. The second kappa shape index (κ2) is 12.9. The number of ether oxygens (including phenoxy) is 2. The monoisotopic (exact) mass is 620 g/mol. The molecule has 234 valence electrons. The molecule has 1 spiro atoms. The zero-order chi connectivity index (χ0) is 31.6. The van der Waals surface area contributed by atoms with E-state index in [-0.39, 0.29) is 25.7 Å². The Morgan fingerprint density at radius 2 is 1.93 bits per heavy atom. The molecule has 3 saturated heterocycles. The zero-order valence-electron chi connectivity index (χ0n) is 25.4. The van der Waals surface area contributed by atoms with E-state index in [4.69, 9.17) is 21.1 Å². The fourth-order valence-corrected chi connectivity index (χ4v) is 8.01. The lowest BCUT2D eigenvalue weighted by Crippen LogP contribution is -2.59. The van der Waals surface area contributed by atoms with E-state index < -0.39 is 47.0 Å². The average molecular weight is 621 g/mol. The first-order valence-corrected chi connectivity index (χ1v) is 15.7. The first-order valence-electron chi connectivity index (χ1n) is 15.3. The highest BCUT2D eigenvalue weighted by Gasteiger charge is 2.79. The number of hydrogen-bond donors (Lipinski definition) is 1. The SMILES string of the molecule is C=CCCOC(=O)[C@@H]1[C@H]2C(=O)N([C@@H](CO)Cc3ccccc3)C(C(=O)N(CC=C)c3c(C)cccc3Cl)C23CC[C@@]1(CC)O3. The standard InChI is InChI=1S/C35H41ClN2O6/c1-5-8-20-43-33(42)28-27-31(40)38(25(22-39)21-24-14-10-9-11-15-24)30(35(27)18-17-34(28,7-3)44-35)32(41)37(19-6-2)29-23(4)13-12-16-26(29)36/h5-6,9-16,25,27-28,30,39H,1-2,7-8,17-22H2,3-4H3/t25-,27+,28+,30?,34-,35?/m1/s1. The molecule has 2 aromatic carbocycles. The van der Waals surface area contributed by atoms with Crippen molar-refractivity contribution >= 4 is 35.1 Å². The number of esters is 1. The van der Waals surface area contributed by atoms with Crippen LogP contribution < -0.4 is 4.90 Å². The van der Waals surface area contributed by atoms with Gasteiger partial charge in [-0.1, -0.05) is 73.1 Å². The van der Waals surface area contributed by atoms with E-state index in [1.807, 2.05) is 56.3 Å². The highest BCUT2D eigenvalue weighted by atomic mass is 35.5. The van der Waals surface area contributed by atoms with Crippen LogP contribution in [0.5, 0.6) is 0 Å². The van der Waals surface area contributed by atoms with Crippen LogP contribution in [-0.2, 0) is 30.3 Å². The van der Waals surface area contributed by atoms with Gasteiger partial charge in [-0.3, -0.25) is 14.4 Å². The van der Waals surface area contributed by atoms with Crippen molar-refractivity contribution in [3.05, 3.63) is 90.0 Å². The van der Waals surface area contributed by atoms with Gasteiger partial charge in [0.25, 0.3) is 5.91 Å². The van der Waals surface area contributed by atoms with E-state index in [9.17, 15) is 14.7 Å². The van der Waals surface area contributed by atoms with Crippen LogP contribution in [0, 0.1) is 18.8 Å². The minimum Gasteiger partial charge on any atom is -0.465 e. The van der Waals surface area contributed by atoms with E-state index >= 15 is 4.79 Å². The van der Waals surface area contributed by atoms with Crippen LogP contribution in [0.3, 0.4) is 0 Å². The number of benzene rings is 2. The molecule has 2 amide bonds. The van der Waals surface area contributed by atoms with Gasteiger partial charge in [0.1, 0.15) is 17.6 Å². The molecule has 5 rings (SSSR count). The average Bonchev–Trinajstić information content (AvgIpc) is 3.63. The number of para-hydroxylation sites is 1. The number of rotatable bonds is 13. The van der Waals surface area contributed by atoms with E-state index in [1.165, 1.54) is 4.90 Å². The Morgan fingerprint density at radius 3 is 2.57 bits per heavy atom. The van der Waals surface area contributed by atoms with Gasteiger partial charge in [0.15, 0.2) is 0 Å². The van der Waals surface area contributed by atoms with E-state index in [1.54, 1.807) is 23.1 Å². The van der Waals surface area contributed by atoms with Crippen molar-refractivity contribution in [3.63, 3.8) is 0 Å². The quantitative estimate of drug-likeness (QED) is 0.191. The van der Waals surface area contributed by atoms with Crippen LogP contribution in [0.1, 0.15) is 43.7 Å². The Hall–Kier alpha value is -3.46. The molecule has 9 heteroatoms. The van der Waals surface area contributed by atoms with Crippen LogP contribution >= 0.6 is 11.6 Å². The predicted octanol–water partition coefficient (Wildman–Crippen LogP) is 5.05. The number of amides is 2. The van der Waals surface area contributed by atoms with Crippen LogP contribution in [0.25, 0.3) is 0 Å². The van der Waals surface area contributed by atoms with Crippen molar-refractivity contribution in [2.24, 2.45) is 11.8 Å². The molecule has 2 bridgehead atoms. The summed E-state index contributed by atoms with van der Waals surface area (Å²) in [5.74, 6) is -3.10. The number of aliphatic hydroxyl groups excluding tert-OH is 1. The van der Waals surface area contributed by atoms with Crippen LogP contribution in [0.4, 0.5) is 5.69 Å². The number of anilines is 1. The summed E-state index contributed by atoms with van der Waals surface area (Å²) in [7, 11) is 0. The molecular weight excluding hydrogens is 580 g/mol. The maximum atomic E-state index is 15.0. The second-order valence-corrected chi connectivity index (χ2v) is 12.4. The van der Waals surface area contributed by atoms with Crippen molar-refractivity contribution in [2.75, 3.05) is 24.7 Å². The fourth-order valence-electron chi connectivity index (χ4n) is 7.69. The number of hydrogen-bond acceptors (Lipinski definition) is 6. The molecule has 6 atom stereocenters. The summed E-state index contributed by atoms with van der Waals surface area (Å²) >= 11 is 6.68. The molecule has 0 saturated carbocycles. The number of aliphatic hydroxyl groups is 1. The van der Waals surface area contributed by atoms with Crippen molar-refractivity contribution in [3.8, 4) is 0 Å². The molecule has 3 fully saturated rings. The highest BCUT2D eigenvalue weighted by Crippen LogP contribution is 2.65. The Balaban J connectivity index is 1.65. The Labute approximate surface area is 264 Å². The highest BCUT2D eigenvalue weighted by molar-refractivity contribution is 6.34. The summed E-state index contributed by atoms with van der Waals surface area (Å²) in [5, 5.41) is 11.1. The fraction of sp³-hybridized carbons (Fsp3) is 0.457. The largest absolute Gasteiger partial charge is 0.465 e. The van der Waals surface area contributed by atoms with Gasteiger partial charge in [-0.25, -0.2) is 0 Å². The van der Waals surface area contributed by atoms with Crippen LogP contribution in [0.2, 0.25) is 5.02 Å². The van der Waals surface area contributed by atoms with Gasteiger partial charge < -0.3 is 24.4 Å². The number of fused-ring (bicyclic) bond motifs is 1. The molecule has 2 unspecified atom stereocenters. The molecule has 0 aliphatic carbocycles. The topological polar surface area (TPSA) is 96.4 Å². The lowest BCUT2D eigenvalue weighted by atomic mass is 9.65. The summed E-state index contributed by atoms with van der Waals surface area (Å²) in [6.07, 6.45) is 5.47. The van der Waals surface area contributed by atoms with E-state index in [2.05, 4.69) is 13.2 Å². The summed E-state index contributed by atoms with van der Waals surface area (Å²) in [6, 6.07) is 13.1. The summed E-state index contributed by atoms with van der Waals surface area (Å²) in [6.45, 7) is 11.3. The predicted molar refractivity (Wildman–Crippen MR) is 169 cm³/mol. The Morgan fingerprint density at radius 1 is 1.18 bits per heavy atom. The number of likely N-dealkylation sites (tertiary alicyclic amines) is 1. The van der Waals surface area contributed by atoms with E-state index in [0.717, 1.165) is 11.1 Å². The molecule has 3 aliphatic heterocycles. The van der Waals surface area contributed by atoms with Crippen molar-refractivity contribution in [1.29, 1.82) is 0 Å². The lowest BCUT2D eigenvalue weighted by molar-refractivity contribution is -0.162. The summed E-state index contributed by atoms with van der Waals surface area (Å²) in [4.78, 5) is 46.5. The molecular formula is C35H41ClN2O6. The lowest BCUT2D eigenvalue weighted by Gasteiger charge is -2.40. The number of halogens is 1. The van der Waals surface area contributed by atoms with Crippen LogP contribution in [-0.4, -0.2) is 70.8 Å². The van der Waals surface area contributed by atoms with Gasteiger partial charge in [0.05, 0.1) is 41.5 Å². The van der Waals surface area contributed by atoms with Crippen LogP contribution in [0.15, 0.2) is 73.8 Å². The van der Waals surface area contributed by atoms with E-state index in [0.29, 0.717) is 42.8 Å². The van der Waals surface area contributed by atoms with Gasteiger partial charge in [-0.15, -0.1) is 13.2 Å². The molecule has 3 heterocycles. The molecule has 0 radical (unpaired) electrons. The third kappa shape index (κ3) is 5.17. The number of nitrogens with zero attached hydrogens (tertiary/aromatic N) is 2. The third-order valence-corrected chi connectivity index (χ3v) is 9.93. The summed E-state index contributed by atoms with van der Waals surface area (Å²) < 4.78 is 12.6. The number of carbonyl (C=O) groups excluding carboxylic acids is 3. The third-order valence-electron chi connectivity index (χ3n) is 9.63. The Kier molecular flexibility index (Phi) is 9.35. The maximum absolute atomic E-state index is 15.0. The van der Waals surface area contributed by atoms with Gasteiger partial charge in [0, 0.05) is 6.54 Å². The Bertz CT molecular complexity index is 1410. The van der Waals surface area contributed by atoms with Crippen molar-refractivity contribution in [1.82, 2.24) is 4.90 Å². The number of aryl methyl sites for hydroxylation is 1. The second-order valence-electron chi connectivity index (χ2n) is 12.0. The molecule has 3 aliphatic rings. The van der Waals surface area contributed by atoms with Gasteiger partial charge in [-0.05, 0) is 56.2 Å².